The van der Waals surface area contributed by atoms with Gasteiger partial charge < -0.3 is 15.2 Å². The summed E-state index contributed by atoms with van der Waals surface area (Å²) >= 11 is 6.23. The van der Waals surface area contributed by atoms with Crippen molar-refractivity contribution < 1.29 is 9.32 Å². The minimum atomic E-state index is -0.155. The van der Waals surface area contributed by atoms with Crippen LogP contribution in [0, 0.1) is 6.92 Å². The van der Waals surface area contributed by atoms with Gasteiger partial charge in [0.2, 0.25) is 0 Å². The van der Waals surface area contributed by atoms with Gasteiger partial charge in [0.15, 0.2) is 0 Å². The minimum Gasteiger partial charge on any atom is -0.360 e. The van der Waals surface area contributed by atoms with Crippen LogP contribution in [0.2, 0.25) is 5.02 Å². The fourth-order valence-corrected chi connectivity index (χ4v) is 3.22. The van der Waals surface area contributed by atoms with Crippen LogP contribution in [0.3, 0.4) is 0 Å². The monoisotopic (exact) mass is 369 g/mol. The fraction of sp³-hybridized carbons (Fsp3) is 0.412. The molecule has 7 heteroatoms. The van der Waals surface area contributed by atoms with Crippen LogP contribution in [-0.4, -0.2) is 29.7 Å². The van der Waals surface area contributed by atoms with Gasteiger partial charge in [0.25, 0.3) is 5.91 Å². The number of aryl methyl sites for hydroxylation is 1. The first kappa shape index (κ1) is 18.8. The van der Waals surface area contributed by atoms with Crippen molar-refractivity contribution in [3.63, 3.8) is 0 Å². The molecule has 1 fully saturated rings. The molecule has 0 spiro atoms. The van der Waals surface area contributed by atoms with Crippen LogP contribution < -0.4 is 10.6 Å². The van der Waals surface area contributed by atoms with E-state index in [-0.39, 0.29) is 24.4 Å². The molecule has 1 aliphatic heterocycles. The Labute approximate surface area is 152 Å². The second-order valence-corrected chi connectivity index (χ2v) is 6.40. The van der Waals surface area contributed by atoms with E-state index in [0.29, 0.717) is 33.6 Å². The zero-order valence-corrected chi connectivity index (χ0v) is 15.2. The third-order valence-corrected chi connectivity index (χ3v) is 4.51. The van der Waals surface area contributed by atoms with Crippen molar-refractivity contribution in [1.29, 1.82) is 0 Å². The first-order valence-electron chi connectivity index (χ1n) is 7.81. The van der Waals surface area contributed by atoms with E-state index in [1.54, 1.807) is 13.0 Å². The van der Waals surface area contributed by atoms with Gasteiger partial charge in [-0.15, -0.1) is 12.4 Å². The number of rotatable bonds is 3. The minimum absolute atomic E-state index is 0. The third-order valence-electron chi connectivity index (χ3n) is 4.18. The Balaban J connectivity index is 0.00000208. The SMILES string of the molecule is Cc1onc(-c2ccccc2Cl)c1C(=O)NC1CCNC(C)C1.Cl. The molecule has 130 valence electrons. The Morgan fingerprint density at radius 3 is 2.88 bits per heavy atom. The molecule has 1 aromatic heterocycles. The van der Waals surface area contributed by atoms with Gasteiger partial charge in [-0.25, -0.2) is 0 Å². The molecule has 3 rings (SSSR count). The molecule has 5 nitrogen and oxygen atoms in total. The normalized spacial score (nSPS) is 20.3. The Morgan fingerprint density at radius 2 is 2.17 bits per heavy atom. The number of nitrogens with one attached hydrogen (secondary N) is 2. The number of hydrogen-bond donors (Lipinski definition) is 2. The molecule has 1 amide bonds. The average Bonchev–Trinajstić information content (AvgIpc) is 2.89. The number of amides is 1. The standard InChI is InChI=1S/C17H20ClN3O2.ClH/c1-10-9-12(7-8-19-10)20-17(22)15-11(2)23-21-16(15)13-5-3-4-6-14(13)18;/h3-6,10,12,19H,7-9H2,1-2H3,(H,20,22);1H. The van der Waals surface area contributed by atoms with Crippen molar-refractivity contribution in [2.24, 2.45) is 0 Å². The maximum atomic E-state index is 12.7. The van der Waals surface area contributed by atoms with Gasteiger partial charge in [0.1, 0.15) is 17.0 Å². The van der Waals surface area contributed by atoms with Gasteiger partial charge in [-0.05, 0) is 39.3 Å². The Kier molecular flexibility index (Phi) is 6.27. The molecule has 24 heavy (non-hydrogen) atoms. The van der Waals surface area contributed by atoms with E-state index in [1.165, 1.54) is 0 Å². The van der Waals surface area contributed by atoms with Crippen LogP contribution in [0.15, 0.2) is 28.8 Å². The molecule has 0 aliphatic carbocycles. The van der Waals surface area contributed by atoms with Crippen LogP contribution in [0.5, 0.6) is 0 Å². The predicted octanol–water partition coefficient (Wildman–Crippen LogP) is 3.60. The maximum absolute atomic E-state index is 12.7. The van der Waals surface area contributed by atoms with Crippen LogP contribution in [0.4, 0.5) is 0 Å². The maximum Gasteiger partial charge on any atom is 0.257 e. The van der Waals surface area contributed by atoms with Crippen molar-refractivity contribution in [3.8, 4) is 11.3 Å². The van der Waals surface area contributed by atoms with Gasteiger partial charge in [0, 0.05) is 17.6 Å². The molecule has 1 aliphatic rings. The van der Waals surface area contributed by atoms with Crippen LogP contribution in [0.25, 0.3) is 11.3 Å². The quantitative estimate of drug-likeness (QED) is 0.867. The molecular formula is C17H21Cl2N3O2. The van der Waals surface area contributed by atoms with Gasteiger partial charge in [-0.2, -0.15) is 0 Å². The average molecular weight is 370 g/mol. The molecule has 2 unspecified atom stereocenters. The van der Waals surface area contributed by atoms with Gasteiger partial charge in [0.05, 0.1) is 5.02 Å². The van der Waals surface area contributed by atoms with Crippen LogP contribution >= 0.6 is 24.0 Å². The molecule has 0 radical (unpaired) electrons. The lowest BCUT2D eigenvalue weighted by molar-refractivity contribution is 0.0924. The van der Waals surface area contributed by atoms with E-state index >= 15 is 0 Å². The Morgan fingerprint density at radius 1 is 1.42 bits per heavy atom. The number of aromatic nitrogens is 1. The number of halogens is 2. The molecule has 1 aromatic carbocycles. The predicted molar refractivity (Wildman–Crippen MR) is 96.9 cm³/mol. The van der Waals surface area contributed by atoms with Crippen molar-refractivity contribution in [2.75, 3.05) is 6.54 Å². The summed E-state index contributed by atoms with van der Waals surface area (Å²) < 4.78 is 5.25. The van der Waals surface area contributed by atoms with Gasteiger partial charge in [-0.1, -0.05) is 35.0 Å². The summed E-state index contributed by atoms with van der Waals surface area (Å²) in [5, 5.41) is 11.1. The molecule has 2 atom stereocenters. The summed E-state index contributed by atoms with van der Waals surface area (Å²) in [6.07, 6.45) is 1.83. The zero-order chi connectivity index (χ0) is 16.4. The van der Waals surface area contributed by atoms with Crippen LogP contribution in [0.1, 0.15) is 35.9 Å². The first-order chi connectivity index (χ1) is 11.1. The van der Waals surface area contributed by atoms with Crippen molar-refractivity contribution in [1.82, 2.24) is 15.8 Å². The first-order valence-corrected chi connectivity index (χ1v) is 8.19. The molecule has 1 saturated heterocycles. The topological polar surface area (TPSA) is 67.2 Å². The van der Waals surface area contributed by atoms with E-state index in [2.05, 4.69) is 22.7 Å². The summed E-state index contributed by atoms with van der Waals surface area (Å²) in [5.74, 6) is 0.345. The lowest BCUT2D eigenvalue weighted by Gasteiger charge is -2.28. The zero-order valence-electron chi connectivity index (χ0n) is 13.6. The van der Waals surface area contributed by atoms with Gasteiger partial charge in [-0.3, -0.25) is 4.79 Å². The van der Waals surface area contributed by atoms with Crippen molar-refractivity contribution >= 4 is 29.9 Å². The summed E-state index contributed by atoms with van der Waals surface area (Å²) in [7, 11) is 0. The highest BCUT2D eigenvalue weighted by molar-refractivity contribution is 6.33. The number of nitrogens with zero attached hydrogens (tertiary/aromatic N) is 1. The van der Waals surface area contributed by atoms with E-state index in [4.69, 9.17) is 16.1 Å². The number of benzene rings is 1. The van der Waals surface area contributed by atoms with E-state index < -0.39 is 0 Å². The molecular weight excluding hydrogens is 349 g/mol. The fourth-order valence-electron chi connectivity index (χ4n) is 3.00. The Hall–Kier alpha value is -1.56. The van der Waals surface area contributed by atoms with E-state index in [1.807, 2.05) is 18.2 Å². The second kappa shape index (κ2) is 8.01. The summed E-state index contributed by atoms with van der Waals surface area (Å²) in [5.41, 5.74) is 1.66. The highest BCUT2D eigenvalue weighted by Crippen LogP contribution is 2.31. The van der Waals surface area contributed by atoms with E-state index in [9.17, 15) is 4.79 Å². The van der Waals surface area contributed by atoms with Crippen LogP contribution in [-0.2, 0) is 0 Å². The second-order valence-electron chi connectivity index (χ2n) is 5.99. The lowest BCUT2D eigenvalue weighted by Crippen LogP contribution is -2.46. The number of hydrogen-bond acceptors (Lipinski definition) is 4. The molecule has 0 saturated carbocycles. The van der Waals surface area contributed by atoms with Gasteiger partial charge >= 0.3 is 0 Å². The number of carbonyl (C=O) groups is 1. The molecule has 2 heterocycles. The third kappa shape index (κ3) is 3.91. The summed E-state index contributed by atoms with van der Waals surface area (Å²) in [4.78, 5) is 12.7. The lowest BCUT2D eigenvalue weighted by atomic mass is 9.99. The highest BCUT2D eigenvalue weighted by atomic mass is 35.5. The Bertz CT molecular complexity index is 718. The molecule has 0 bridgehead atoms. The summed E-state index contributed by atoms with van der Waals surface area (Å²) in [6.45, 7) is 4.78. The van der Waals surface area contributed by atoms with Crippen molar-refractivity contribution in [3.05, 3.63) is 40.6 Å². The summed E-state index contributed by atoms with van der Waals surface area (Å²) in [6, 6.07) is 7.88. The number of carbonyl (C=O) groups excluding carboxylic acids is 1. The smallest absolute Gasteiger partial charge is 0.257 e. The van der Waals surface area contributed by atoms with Crippen molar-refractivity contribution in [2.45, 2.75) is 38.8 Å². The molecule has 2 N–H and O–H groups in total. The highest BCUT2D eigenvalue weighted by Gasteiger charge is 2.26. The number of piperidine rings is 1. The largest absolute Gasteiger partial charge is 0.360 e. The molecule has 2 aromatic rings. The van der Waals surface area contributed by atoms with E-state index in [0.717, 1.165) is 19.4 Å².